The molecule has 1 aromatic heterocycles. The Bertz CT molecular complexity index is 1370. The van der Waals surface area contributed by atoms with Crippen molar-refractivity contribution in [1.29, 1.82) is 5.26 Å². The van der Waals surface area contributed by atoms with Gasteiger partial charge in [0, 0.05) is 17.7 Å². The molecular formula is C30H31N5O2. The van der Waals surface area contributed by atoms with Crippen molar-refractivity contribution in [3.8, 4) is 29.9 Å². The summed E-state index contributed by atoms with van der Waals surface area (Å²) in [7, 11) is 0. The maximum Gasteiger partial charge on any atom is 0.254 e. The van der Waals surface area contributed by atoms with Crippen molar-refractivity contribution in [3.05, 3.63) is 71.1 Å². The number of amides is 1. The van der Waals surface area contributed by atoms with E-state index in [2.05, 4.69) is 22.2 Å². The molecule has 37 heavy (non-hydrogen) atoms. The van der Waals surface area contributed by atoms with Gasteiger partial charge in [-0.05, 0) is 68.4 Å². The van der Waals surface area contributed by atoms with Crippen LogP contribution in [0.3, 0.4) is 0 Å². The maximum absolute atomic E-state index is 13.6. The van der Waals surface area contributed by atoms with E-state index in [0.717, 1.165) is 49.7 Å². The number of rotatable bonds is 6. The zero-order valence-electron chi connectivity index (χ0n) is 21.1. The van der Waals surface area contributed by atoms with Gasteiger partial charge in [0.25, 0.3) is 5.91 Å². The second kappa shape index (κ2) is 9.84. The molecule has 1 saturated heterocycles. The minimum Gasteiger partial charge on any atom is -0.419 e. The summed E-state index contributed by atoms with van der Waals surface area (Å²) in [5.41, 5.74) is 8.05. The molecule has 1 saturated carbocycles. The molecule has 3 aromatic rings. The molecule has 2 N–H and O–H groups in total. The Morgan fingerprint density at radius 3 is 2.68 bits per heavy atom. The lowest BCUT2D eigenvalue weighted by atomic mass is 9.79. The van der Waals surface area contributed by atoms with Gasteiger partial charge in [0.1, 0.15) is 0 Å². The van der Waals surface area contributed by atoms with E-state index >= 15 is 0 Å². The van der Waals surface area contributed by atoms with Crippen LogP contribution < -0.4 is 5.73 Å². The van der Waals surface area contributed by atoms with E-state index in [4.69, 9.17) is 16.6 Å². The number of likely N-dealkylation sites (tertiary alicyclic amines) is 1. The molecule has 2 fully saturated rings. The Kier molecular flexibility index (Phi) is 6.58. The Balaban J connectivity index is 1.54. The second-order valence-electron chi connectivity index (χ2n) is 10.5. The number of hydrogen-bond donors (Lipinski definition) is 1. The number of benzene rings is 2. The zero-order valence-corrected chi connectivity index (χ0v) is 21.1. The lowest BCUT2D eigenvalue weighted by Crippen LogP contribution is -2.35. The SMILES string of the molecule is C#C[C@H]1CCCN1C(=O)c1cc(-c2nnc([C@](C)(N)Cc3ccccc3)o2)cc(C2(C#N)CCCC2)c1. The summed E-state index contributed by atoms with van der Waals surface area (Å²) in [6.07, 6.45) is 11.3. The molecule has 2 heterocycles. The molecule has 0 radical (unpaired) electrons. The quantitative estimate of drug-likeness (QED) is 0.498. The first-order valence-electron chi connectivity index (χ1n) is 12.9. The Morgan fingerprint density at radius 1 is 1.22 bits per heavy atom. The number of terminal acetylenes is 1. The van der Waals surface area contributed by atoms with Crippen molar-refractivity contribution < 1.29 is 9.21 Å². The third-order valence-electron chi connectivity index (χ3n) is 7.68. The minimum absolute atomic E-state index is 0.137. The van der Waals surface area contributed by atoms with Crippen LogP contribution in [0.5, 0.6) is 0 Å². The van der Waals surface area contributed by atoms with E-state index < -0.39 is 11.0 Å². The molecule has 0 spiro atoms. The van der Waals surface area contributed by atoms with Crippen LogP contribution in [0.4, 0.5) is 0 Å². The van der Waals surface area contributed by atoms with Gasteiger partial charge in [0.15, 0.2) is 0 Å². The van der Waals surface area contributed by atoms with E-state index in [1.807, 2.05) is 49.4 Å². The molecule has 7 heteroatoms. The first-order valence-corrected chi connectivity index (χ1v) is 12.9. The van der Waals surface area contributed by atoms with Crippen LogP contribution in [0.15, 0.2) is 52.9 Å². The average Bonchev–Trinajstić information content (AvgIpc) is 3.69. The summed E-state index contributed by atoms with van der Waals surface area (Å²) in [6, 6.07) is 17.8. The molecule has 2 atom stereocenters. The van der Waals surface area contributed by atoms with Gasteiger partial charge in [-0.1, -0.05) is 49.1 Å². The average molecular weight is 494 g/mol. The van der Waals surface area contributed by atoms with Crippen molar-refractivity contribution in [2.75, 3.05) is 6.54 Å². The molecule has 2 aliphatic rings. The van der Waals surface area contributed by atoms with Crippen LogP contribution in [0, 0.1) is 23.7 Å². The predicted octanol–water partition coefficient (Wildman–Crippen LogP) is 4.73. The third kappa shape index (κ3) is 4.75. The highest BCUT2D eigenvalue weighted by Gasteiger charge is 2.38. The van der Waals surface area contributed by atoms with Crippen LogP contribution >= 0.6 is 0 Å². The highest BCUT2D eigenvalue weighted by molar-refractivity contribution is 5.96. The summed E-state index contributed by atoms with van der Waals surface area (Å²) in [5, 5.41) is 18.7. The monoisotopic (exact) mass is 493 g/mol. The fourth-order valence-electron chi connectivity index (χ4n) is 5.61. The van der Waals surface area contributed by atoms with Crippen molar-refractivity contribution in [1.82, 2.24) is 15.1 Å². The summed E-state index contributed by atoms with van der Waals surface area (Å²) in [6.45, 7) is 2.48. The van der Waals surface area contributed by atoms with Crippen LogP contribution in [0.25, 0.3) is 11.5 Å². The molecular weight excluding hydrogens is 462 g/mol. The lowest BCUT2D eigenvalue weighted by molar-refractivity contribution is 0.0766. The summed E-state index contributed by atoms with van der Waals surface area (Å²) in [4.78, 5) is 15.3. The minimum atomic E-state index is -0.877. The van der Waals surface area contributed by atoms with Crippen molar-refractivity contribution in [2.24, 2.45) is 5.73 Å². The fourth-order valence-corrected chi connectivity index (χ4v) is 5.61. The summed E-state index contributed by atoms with van der Waals surface area (Å²) < 4.78 is 6.11. The first-order chi connectivity index (χ1) is 17.8. The van der Waals surface area contributed by atoms with Gasteiger partial charge in [-0.25, -0.2) is 0 Å². The Labute approximate surface area is 217 Å². The fraction of sp³-hybridized carbons (Fsp3) is 0.400. The van der Waals surface area contributed by atoms with Gasteiger partial charge in [-0.2, -0.15) is 5.26 Å². The topological polar surface area (TPSA) is 109 Å². The van der Waals surface area contributed by atoms with Crippen LogP contribution in [0.2, 0.25) is 0 Å². The van der Waals surface area contributed by atoms with Gasteiger partial charge in [0.2, 0.25) is 11.8 Å². The predicted molar refractivity (Wildman–Crippen MR) is 140 cm³/mol. The van der Waals surface area contributed by atoms with E-state index in [-0.39, 0.29) is 17.8 Å². The number of carbonyl (C=O) groups is 1. The number of hydrogen-bond acceptors (Lipinski definition) is 6. The van der Waals surface area contributed by atoms with Crippen molar-refractivity contribution in [3.63, 3.8) is 0 Å². The van der Waals surface area contributed by atoms with E-state index in [1.54, 1.807) is 11.0 Å². The van der Waals surface area contributed by atoms with Gasteiger partial charge in [-0.15, -0.1) is 16.6 Å². The normalized spacial score (nSPS) is 20.2. The highest BCUT2D eigenvalue weighted by atomic mass is 16.4. The Morgan fingerprint density at radius 2 is 1.97 bits per heavy atom. The molecule has 7 nitrogen and oxygen atoms in total. The number of nitrogens with zero attached hydrogens (tertiary/aromatic N) is 4. The van der Waals surface area contributed by atoms with Crippen molar-refractivity contribution >= 4 is 5.91 Å². The van der Waals surface area contributed by atoms with E-state index in [1.165, 1.54) is 0 Å². The van der Waals surface area contributed by atoms with Gasteiger partial charge >= 0.3 is 0 Å². The summed E-state index contributed by atoms with van der Waals surface area (Å²) >= 11 is 0. The first kappa shape index (κ1) is 24.7. The molecule has 5 rings (SSSR count). The van der Waals surface area contributed by atoms with Crippen LogP contribution in [-0.2, 0) is 17.4 Å². The van der Waals surface area contributed by atoms with Crippen LogP contribution in [-0.4, -0.2) is 33.6 Å². The Hall–Kier alpha value is -3.94. The standard InChI is InChI=1S/C30H31N5O2/c1-3-25-12-9-15-35(25)27(36)23-16-22(17-24(18-23)30(20-31)13-7-8-14-30)26-33-34-28(37-26)29(2,32)19-21-10-5-4-6-11-21/h1,4-6,10-11,16-18,25H,7-9,12-15,19,32H2,2H3/t25-,29+/m0/s1. The molecule has 1 aliphatic heterocycles. The maximum atomic E-state index is 13.6. The highest BCUT2D eigenvalue weighted by Crippen LogP contribution is 2.42. The summed E-state index contributed by atoms with van der Waals surface area (Å²) in [5.74, 6) is 3.19. The largest absolute Gasteiger partial charge is 0.419 e. The molecule has 0 bridgehead atoms. The molecule has 188 valence electrons. The van der Waals surface area contributed by atoms with Crippen LogP contribution in [0.1, 0.15) is 72.8 Å². The zero-order chi connectivity index (χ0) is 26.0. The smallest absolute Gasteiger partial charge is 0.254 e. The number of nitrogens with two attached hydrogens (primary N) is 1. The van der Waals surface area contributed by atoms with Gasteiger partial charge in [0.05, 0.1) is 23.1 Å². The number of carbonyl (C=O) groups excluding carboxylic acids is 1. The van der Waals surface area contributed by atoms with E-state index in [0.29, 0.717) is 30.0 Å². The molecule has 2 aromatic carbocycles. The molecule has 1 amide bonds. The number of aromatic nitrogens is 2. The van der Waals surface area contributed by atoms with Gasteiger partial charge < -0.3 is 15.1 Å². The third-order valence-corrected chi connectivity index (χ3v) is 7.68. The van der Waals surface area contributed by atoms with E-state index in [9.17, 15) is 10.1 Å². The lowest BCUT2D eigenvalue weighted by Gasteiger charge is -2.24. The van der Waals surface area contributed by atoms with Gasteiger partial charge in [-0.3, -0.25) is 4.79 Å². The second-order valence-corrected chi connectivity index (χ2v) is 10.5. The van der Waals surface area contributed by atoms with Crippen molar-refractivity contribution in [2.45, 2.75) is 68.9 Å². The number of nitriles is 1. The molecule has 1 aliphatic carbocycles. The molecule has 0 unspecified atom stereocenters.